The fourth-order valence-corrected chi connectivity index (χ4v) is 2.99. The van der Waals surface area contributed by atoms with Gasteiger partial charge in [-0.25, -0.2) is 0 Å². The molecule has 2 N–H and O–H groups in total. The second-order valence-electron chi connectivity index (χ2n) is 7.58. The van der Waals surface area contributed by atoms with E-state index in [0.717, 1.165) is 24.0 Å². The van der Waals surface area contributed by atoms with Crippen LogP contribution in [-0.4, -0.2) is 27.7 Å². The van der Waals surface area contributed by atoms with E-state index in [1.807, 2.05) is 19.9 Å². The fraction of sp³-hybridized carbons (Fsp3) is 0.650. The zero-order chi connectivity index (χ0) is 17.6. The van der Waals surface area contributed by atoms with Gasteiger partial charge in [-0.05, 0) is 51.5 Å². The van der Waals surface area contributed by atoms with Crippen molar-refractivity contribution in [1.82, 2.24) is 0 Å². The molecule has 3 nitrogen and oxygen atoms in total. The molecule has 130 valence electrons. The molecule has 0 saturated heterocycles. The Kier molecular flexibility index (Phi) is 7.43. The van der Waals surface area contributed by atoms with E-state index in [9.17, 15) is 15.0 Å². The minimum absolute atomic E-state index is 0.0731. The Morgan fingerprint density at radius 1 is 1.26 bits per heavy atom. The van der Waals surface area contributed by atoms with Gasteiger partial charge in [-0.3, -0.25) is 4.79 Å². The molecule has 0 fully saturated rings. The van der Waals surface area contributed by atoms with Crippen molar-refractivity contribution >= 4 is 5.78 Å². The number of aliphatic hydroxyl groups excluding tert-OH is 1. The van der Waals surface area contributed by atoms with Gasteiger partial charge in [-0.2, -0.15) is 0 Å². The molecule has 0 saturated carbocycles. The molecule has 1 aliphatic rings. The van der Waals surface area contributed by atoms with Crippen LogP contribution in [-0.2, 0) is 4.79 Å². The Morgan fingerprint density at radius 3 is 2.52 bits per heavy atom. The van der Waals surface area contributed by atoms with Crippen LogP contribution < -0.4 is 0 Å². The van der Waals surface area contributed by atoms with Crippen LogP contribution in [0.2, 0.25) is 0 Å². The molecule has 0 spiro atoms. The quantitative estimate of drug-likeness (QED) is 0.719. The van der Waals surface area contributed by atoms with E-state index in [4.69, 9.17) is 0 Å². The number of aliphatic hydroxyl groups is 2. The summed E-state index contributed by atoms with van der Waals surface area (Å²) in [6, 6.07) is 0. The van der Waals surface area contributed by atoms with Crippen molar-refractivity contribution < 1.29 is 15.0 Å². The Labute approximate surface area is 140 Å². The molecule has 0 unspecified atom stereocenters. The van der Waals surface area contributed by atoms with Gasteiger partial charge in [0, 0.05) is 12.8 Å². The van der Waals surface area contributed by atoms with Gasteiger partial charge in [0.25, 0.3) is 0 Å². The van der Waals surface area contributed by atoms with Gasteiger partial charge in [0.2, 0.25) is 0 Å². The second-order valence-corrected chi connectivity index (χ2v) is 7.58. The number of hydrogen-bond acceptors (Lipinski definition) is 3. The second kappa shape index (κ2) is 8.60. The molecule has 1 rings (SSSR count). The van der Waals surface area contributed by atoms with Crippen LogP contribution in [0.25, 0.3) is 0 Å². The standard InChI is InChI=1S/C20H32O3/c1-14(2)17-7-6-15(3)10-18(21)11-16(4)12-19(22)13-20(5,23)9-8-17/h8-10,12,14,17,19,22-23H,6-7,11,13H2,1-5H3/b9-8+,15-10+,16-12+/t17-,19+,20+/m1/s1. The van der Waals surface area contributed by atoms with Crippen molar-refractivity contribution in [3.8, 4) is 0 Å². The summed E-state index contributed by atoms with van der Waals surface area (Å²) < 4.78 is 0. The van der Waals surface area contributed by atoms with E-state index in [-0.39, 0.29) is 12.2 Å². The third-order valence-electron chi connectivity index (χ3n) is 4.39. The summed E-state index contributed by atoms with van der Waals surface area (Å²) in [5, 5.41) is 20.6. The average Bonchev–Trinajstić information content (AvgIpc) is 2.35. The molecule has 0 bridgehead atoms. The molecule has 0 aromatic heterocycles. The molecule has 3 atom stereocenters. The number of carbonyl (C=O) groups is 1. The first-order chi connectivity index (χ1) is 10.6. The highest BCUT2D eigenvalue weighted by Crippen LogP contribution is 2.25. The molecular formula is C20H32O3. The molecule has 3 heteroatoms. The molecule has 1 aliphatic carbocycles. The van der Waals surface area contributed by atoms with Gasteiger partial charge < -0.3 is 10.2 Å². The number of ketones is 1. The van der Waals surface area contributed by atoms with Crippen molar-refractivity contribution in [2.45, 2.75) is 72.0 Å². The summed E-state index contributed by atoms with van der Waals surface area (Å²) in [4.78, 5) is 12.1. The molecule has 0 aliphatic heterocycles. The van der Waals surface area contributed by atoms with Crippen LogP contribution in [0.1, 0.15) is 60.3 Å². The van der Waals surface area contributed by atoms with Gasteiger partial charge >= 0.3 is 0 Å². The molecular weight excluding hydrogens is 288 g/mol. The molecule has 0 amide bonds. The van der Waals surface area contributed by atoms with Crippen molar-refractivity contribution in [3.05, 3.63) is 35.5 Å². The summed E-state index contributed by atoms with van der Waals surface area (Å²) in [6.07, 6.45) is 8.92. The average molecular weight is 320 g/mol. The van der Waals surface area contributed by atoms with E-state index in [2.05, 4.69) is 19.9 Å². The van der Waals surface area contributed by atoms with Crippen LogP contribution in [0.5, 0.6) is 0 Å². The maximum Gasteiger partial charge on any atom is 0.159 e. The Balaban J connectivity index is 3.08. The number of hydrogen-bond donors (Lipinski definition) is 2. The first-order valence-corrected chi connectivity index (χ1v) is 8.56. The van der Waals surface area contributed by atoms with Crippen molar-refractivity contribution in [2.75, 3.05) is 0 Å². The van der Waals surface area contributed by atoms with Crippen LogP contribution in [0, 0.1) is 11.8 Å². The highest BCUT2D eigenvalue weighted by atomic mass is 16.3. The Morgan fingerprint density at radius 2 is 1.91 bits per heavy atom. The van der Waals surface area contributed by atoms with Crippen LogP contribution in [0.4, 0.5) is 0 Å². The smallest absolute Gasteiger partial charge is 0.159 e. The molecule has 0 heterocycles. The van der Waals surface area contributed by atoms with Gasteiger partial charge in [0.15, 0.2) is 5.78 Å². The fourth-order valence-electron chi connectivity index (χ4n) is 2.99. The third-order valence-corrected chi connectivity index (χ3v) is 4.39. The van der Waals surface area contributed by atoms with E-state index < -0.39 is 11.7 Å². The predicted octanol–water partition coefficient (Wildman–Crippen LogP) is 3.96. The minimum atomic E-state index is -1.05. The van der Waals surface area contributed by atoms with Crippen molar-refractivity contribution in [1.29, 1.82) is 0 Å². The maximum absolute atomic E-state index is 12.1. The highest BCUT2D eigenvalue weighted by molar-refractivity contribution is 5.91. The first-order valence-electron chi connectivity index (χ1n) is 8.56. The summed E-state index contributed by atoms with van der Waals surface area (Å²) in [5.74, 6) is 0.881. The molecule has 0 aromatic carbocycles. The van der Waals surface area contributed by atoms with Gasteiger partial charge in [-0.15, -0.1) is 0 Å². The van der Waals surface area contributed by atoms with Crippen LogP contribution >= 0.6 is 0 Å². The maximum atomic E-state index is 12.1. The lowest BCUT2D eigenvalue weighted by atomic mass is 9.86. The number of carbonyl (C=O) groups excluding carboxylic acids is 1. The number of allylic oxidation sites excluding steroid dienone is 4. The SMILES string of the molecule is C/C1=C\C(=O)C/C(C)=C/[C@H](O)C[C@@](C)(O)/C=C/[C@H](C(C)C)CC1. The highest BCUT2D eigenvalue weighted by Gasteiger charge is 2.22. The van der Waals surface area contributed by atoms with Crippen LogP contribution in [0.15, 0.2) is 35.5 Å². The Bertz CT molecular complexity index is 495. The molecule has 0 radical (unpaired) electrons. The van der Waals surface area contributed by atoms with E-state index in [1.54, 1.807) is 19.1 Å². The monoisotopic (exact) mass is 320 g/mol. The van der Waals surface area contributed by atoms with Crippen LogP contribution in [0.3, 0.4) is 0 Å². The van der Waals surface area contributed by atoms with E-state index in [1.165, 1.54) is 0 Å². The predicted molar refractivity (Wildman–Crippen MR) is 95.1 cm³/mol. The lowest BCUT2D eigenvalue weighted by Crippen LogP contribution is -2.27. The van der Waals surface area contributed by atoms with Crippen molar-refractivity contribution in [3.63, 3.8) is 0 Å². The summed E-state index contributed by atoms with van der Waals surface area (Å²) in [6.45, 7) is 9.88. The molecule has 0 aromatic rings. The number of rotatable bonds is 1. The van der Waals surface area contributed by atoms with Gasteiger partial charge in [0.05, 0.1) is 11.7 Å². The lowest BCUT2D eigenvalue weighted by molar-refractivity contribution is -0.114. The normalized spacial score (nSPS) is 37.5. The largest absolute Gasteiger partial charge is 0.389 e. The molecule has 23 heavy (non-hydrogen) atoms. The zero-order valence-electron chi connectivity index (χ0n) is 15.2. The van der Waals surface area contributed by atoms with Gasteiger partial charge in [0.1, 0.15) is 0 Å². The summed E-state index contributed by atoms with van der Waals surface area (Å²) >= 11 is 0. The minimum Gasteiger partial charge on any atom is -0.389 e. The topological polar surface area (TPSA) is 57.5 Å². The zero-order valence-corrected chi connectivity index (χ0v) is 15.2. The first kappa shape index (κ1) is 19.9. The summed E-state index contributed by atoms with van der Waals surface area (Å²) in [7, 11) is 0. The third kappa shape index (κ3) is 7.76. The van der Waals surface area contributed by atoms with E-state index >= 15 is 0 Å². The van der Waals surface area contributed by atoms with Gasteiger partial charge in [-0.1, -0.05) is 43.2 Å². The summed E-state index contributed by atoms with van der Waals surface area (Å²) in [5.41, 5.74) is 0.872. The Hall–Kier alpha value is -1.19. The van der Waals surface area contributed by atoms with Crippen molar-refractivity contribution in [2.24, 2.45) is 11.8 Å². The lowest BCUT2D eigenvalue weighted by Gasteiger charge is -2.24. The van der Waals surface area contributed by atoms with E-state index in [0.29, 0.717) is 18.3 Å².